The molecule has 2 aliphatic rings. The molecule has 39 heavy (non-hydrogen) atoms. The van der Waals surface area contributed by atoms with Crippen LogP contribution in [0.15, 0.2) is 107 Å². The molecule has 6 rings (SSSR count). The Labute approximate surface area is 234 Å². The molecule has 0 N–H and O–H groups in total. The Morgan fingerprint density at radius 2 is 1.49 bits per heavy atom. The van der Waals surface area contributed by atoms with E-state index in [2.05, 4.69) is 17.0 Å². The first-order valence-electron chi connectivity index (χ1n) is 12.8. The molecule has 2 aliphatic heterocycles. The Balaban J connectivity index is 1.33. The summed E-state index contributed by atoms with van der Waals surface area (Å²) < 4.78 is 13.7. The number of para-hydroxylation sites is 1. The Morgan fingerprint density at radius 1 is 0.795 bits per heavy atom. The Bertz CT molecular complexity index is 1570. The summed E-state index contributed by atoms with van der Waals surface area (Å²) in [6.45, 7) is 2.91. The maximum Gasteiger partial charge on any atom is 0.259 e. The summed E-state index contributed by atoms with van der Waals surface area (Å²) in [5.74, 6) is -0.356. The molecule has 0 unspecified atom stereocenters. The van der Waals surface area contributed by atoms with E-state index < -0.39 is 10.8 Å². The van der Waals surface area contributed by atoms with Crippen LogP contribution in [-0.2, 0) is 17.3 Å². The van der Waals surface area contributed by atoms with Crippen molar-refractivity contribution >= 4 is 45.6 Å². The van der Waals surface area contributed by atoms with Gasteiger partial charge in [-0.2, -0.15) is 0 Å². The second-order valence-electron chi connectivity index (χ2n) is 9.58. The molecule has 1 fully saturated rings. The number of halogens is 1. The monoisotopic (exact) mass is 555 g/mol. The number of benzene rings is 4. The van der Waals surface area contributed by atoms with E-state index in [1.807, 2.05) is 35.2 Å². The van der Waals surface area contributed by atoms with Gasteiger partial charge < -0.3 is 14.7 Å². The van der Waals surface area contributed by atoms with E-state index in [-0.39, 0.29) is 18.4 Å². The number of amides is 2. The second kappa shape index (κ2) is 10.7. The molecule has 1 atom stereocenters. The lowest BCUT2D eigenvalue weighted by molar-refractivity contribution is 0.0746. The molecule has 4 aromatic rings. The van der Waals surface area contributed by atoms with Crippen molar-refractivity contribution in [1.82, 2.24) is 4.90 Å². The molecule has 2 amide bonds. The quantitative estimate of drug-likeness (QED) is 0.327. The van der Waals surface area contributed by atoms with Gasteiger partial charge in [-0.25, -0.2) is 4.21 Å². The van der Waals surface area contributed by atoms with Gasteiger partial charge >= 0.3 is 0 Å². The Morgan fingerprint density at radius 3 is 2.23 bits per heavy atom. The molecule has 0 aromatic heterocycles. The minimum Gasteiger partial charge on any atom is -0.368 e. The maximum atomic E-state index is 13.8. The highest BCUT2D eigenvalue weighted by Crippen LogP contribution is 2.36. The van der Waals surface area contributed by atoms with Crippen LogP contribution in [0.3, 0.4) is 0 Å². The molecule has 0 radical (unpaired) electrons. The van der Waals surface area contributed by atoms with Gasteiger partial charge in [-0.3, -0.25) is 9.59 Å². The first kappa shape index (κ1) is 25.3. The number of piperazine rings is 1. The molecule has 0 bridgehead atoms. The molecule has 1 saturated heterocycles. The predicted octanol–water partition coefficient (Wildman–Crippen LogP) is 5.63. The lowest BCUT2D eigenvalue weighted by atomic mass is 10.1. The number of hydrogen-bond acceptors (Lipinski definition) is 4. The standard InChI is InChI=1S/C31H26ClN3O3S/c32-24-13-10-22(11-14-24)21-35-27-20-23(12-15-29(27)39(38)28-9-5-4-8-26(28)31(35)37)30(36)34-18-16-33(17-19-34)25-6-2-1-3-7-25/h1-15,20H,16-19,21H2/t39-/m1/s1. The highest BCUT2D eigenvalue weighted by atomic mass is 35.5. The molecular weight excluding hydrogens is 530 g/mol. The van der Waals surface area contributed by atoms with E-state index in [0.29, 0.717) is 44.7 Å². The van der Waals surface area contributed by atoms with Crippen molar-refractivity contribution in [3.05, 3.63) is 119 Å². The summed E-state index contributed by atoms with van der Waals surface area (Å²) in [5, 5.41) is 0.605. The fourth-order valence-corrected chi connectivity index (χ4v) is 6.59. The van der Waals surface area contributed by atoms with Crippen molar-refractivity contribution in [2.75, 3.05) is 36.0 Å². The average Bonchev–Trinajstić information content (AvgIpc) is 3.07. The summed E-state index contributed by atoms with van der Waals surface area (Å²) in [6, 6.07) is 29.6. The third-order valence-electron chi connectivity index (χ3n) is 7.20. The van der Waals surface area contributed by atoms with E-state index in [1.54, 1.807) is 59.5 Å². The van der Waals surface area contributed by atoms with Gasteiger partial charge in [0.15, 0.2) is 0 Å². The van der Waals surface area contributed by atoms with Gasteiger partial charge in [0, 0.05) is 42.5 Å². The number of fused-ring (bicyclic) bond motifs is 2. The number of rotatable bonds is 4. The van der Waals surface area contributed by atoms with Crippen molar-refractivity contribution in [3.8, 4) is 0 Å². The minimum absolute atomic E-state index is 0.100. The highest BCUT2D eigenvalue weighted by molar-refractivity contribution is 7.85. The number of anilines is 2. The smallest absolute Gasteiger partial charge is 0.259 e. The summed E-state index contributed by atoms with van der Waals surface area (Å²) >= 11 is 6.08. The Kier molecular flexibility index (Phi) is 6.94. The molecule has 6 nitrogen and oxygen atoms in total. The zero-order chi connectivity index (χ0) is 26.9. The van der Waals surface area contributed by atoms with Crippen LogP contribution >= 0.6 is 11.6 Å². The van der Waals surface area contributed by atoms with Crippen molar-refractivity contribution in [3.63, 3.8) is 0 Å². The summed E-state index contributed by atoms with van der Waals surface area (Å²) in [7, 11) is -1.58. The van der Waals surface area contributed by atoms with Gasteiger partial charge in [-0.15, -0.1) is 0 Å². The van der Waals surface area contributed by atoms with Crippen molar-refractivity contribution in [2.24, 2.45) is 0 Å². The number of hydrogen-bond donors (Lipinski definition) is 0. The van der Waals surface area contributed by atoms with Crippen LogP contribution in [0.25, 0.3) is 0 Å². The molecule has 4 aromatic carbocycles. The van der Waals surface area contributed by atoms with Crippen LogP contribution in [0, 0.1) is 0 Å². The number of carbonyl (C=O) groups excluding carboxylic acids is 2. The normalized spacial score (nSPS) is 16.9. The topological polar surface area (TPSA) is 60.9 Å². The summed E-state index contributed by atoms with van der Waals surface area (Å²) in [5.41, 5.74) is 3.37. The van der Waals surface area contributed by atoms with Crippen molar-refractivity contribution < 1.29 is 13.8 Å². The number of carbonyl (C=O) groups is 2. The fraction of sp³-hybridized carbons (Fsp3) is 0.161. The lowest BCUT2D eigenvalue weighted by Gasteiger charge is -2.36. The van der Waals surface area contributed by atoms with Crippen LogP contribution in [0.1, 0.15) is 26.3 Å². The van der Waals surface area contributed by atoms with Crippen LogP contribution in [0.5, 0.6) is 0 Å². The van der Waals surface area contributed by atoms with Gasteiger partial charge in [0.1, 0.15) is 0 Å². The number of nitrogens with zero attached hydrogens (tertiary/aromatic N) is 3. The van der Waals surface area contributed by atoms with Gasteiger partial charge in [-0.1, -0.05) is 54.1 Å². The predicted molar refractivity (Wildman–Crippen MR) is 154 cm³/mol. The zero-order valence-electron chi connectivity index (χ0n) is 21.1. The van der Waals surface area contributed by atoms with Gasteiger partial charge in [0.05, 0.1) is 38.4 Å². The highest BCUT2D eigenvalue weighted by Gasteiger charge is 2.32. The molecule has 8 heteroatoms. The summed E-state index contributed by atoms with van der Waals surface area (Å²) in [6.07, 6.45) is 0. The maximum absolute atomic E-state index is 13.8. The van der Waals surface area contributed by atoms with Crippen LogP contribution < -0.4 is 9.80 Å². The average molecular weight is 556 g/mol. The molecule has 0 spiro atoms. The van der Waals surface area contributed by atoms with Gasteiger partial charge in [0.25, 0.3) is 11.8 Å². The van der Waals surface area contributed by atoms with E-state index in [4.69, 9.17) is 11.6 Å². The largest absolute Gasteiger partial charge is 0.368 e. The van der Waals surface area contributed by atoms with Crippen LogP contribution in [0.2, 0.25) is 5.02 Å². The molecule has 196 valence electrons. The van der Waals surface area contributed by atoms with Gasteiger partial charge in [-0.05, 0) is 60.2 Å². The minimum atomic E-state index is -1.58. The summed E-state index contributed by atoms with van der Waals surface area (Å²) in [4.78, 5) is 34.2. The van der Waals surface area contributed by atoms with Crippen LogP contribution in [0.4, 0.5) is 11.4 Å². The molecule has 0 aliphatic carbocycles. The SMILES string of the molecule is O=C(c1ccc2c(c1)N(Cc1ccc(Cl)cc1)C(=O)c1ccccc1[S@]2=O)N1CCN(c2ccccc2)CC1. The third-order valence-corrected chi connectivity index (χ3v) is 8.95. The molecule has 2 heterocycles. The van der Waals surface area contributed by atoms with E-state index >= 15 is 0 Å². The van der Waals surface area contributed by atoms with E-state index in [9.17, 15) is 13.8 Å². The van der Waals surface area contributed by atoms with E-state index in [0.717, 1.165) is 24.3 Å². The lowest BCUT2D eigenvalue weighted by Crippen LogP contribution is -2.48. The second-order valence-corrected chi connectivity index (χ2v) is 11.4. The Hall–Kier alpha value is -3.94. The third kappa shape index (κ3) is 4.95. The van der Waals surface area contributed by atoms with Crippen molar-refractivity contribution in [1.29, 1.82) is 0 Å². The van der Waals surface area contributed by atoms with Crippen LogP contribution in [-0.4, -0.2) is 47.1 Å². The zero-order valence-corrected chi connectivity index (χ0v) is 22.7. The van der Waals surface area contributed by atoms with Crippen molar-refractivity contribution in [2.45, 2.75) is 16.3 Å². The fourth-order valence-electron chi connectivity index (χ4n) is 5.11. The first-order chi connectivity index (χ1) is 19.0. The molecule has 0 saturated carbocycles. The first-order valence-corrected chi connectivity index (χ1v) is 14.3. The molecular formula is C31H26ClN3O3S. The van der Waals surface area contributed by atoms with E-state index in [1.165, 1.54) is 0 Å². The van der Waals surface area contributed by atoms with Gasteiger partial charge in [0.2, 0.25) is 0 Å².